The van der Waals surface area contributed by atoms with Crippen LogP contribution in [0.5, 0.6) is 23.0 Å². The maximum absolute atomic E-state index is 12.6. The lowest BCUT2D eigenvalue weighted by Gasteiger charge is -2.18. The summed E-state index contributed by atoms with van der Waals surface area (Å²) >= 11 is 0. The fourth-order valence-electron chi connectivity index (χ4n) is 2.57. The van der Waals surface area contributed by atoms with Crippen LogP contribution in [0.3, 0.4) is 0 Å². The number of ether oxygens (including phenoxy) is 4. The van der Waals surface area contributed by atoms with Crippen LogP contribution in [0.2, 0.25) is 0 Å². The summed E-state index contributed by atoms with van der Waals surface area (Å²) in [7, 11) is 4.50. The van der Waals surface area contributed by atoms with Gasteiger partial charge in [-0.05, 0) is 18.2 Å². The van der Waals surface area contributed by atoms with Gasteiger partial charge < -0.3 is 29.6 Å². The highest BCUT2D eigenvalue weighted by molar-refractivity contribution is 6.06. The van der Waals surface area contributed by atoms with E-state index in [0.717, 1.165) is 0 Å². The molecule has 0 fully saturated rings. The molecule has 0 aliphatic carbocycles. The van der Waals surface area contributed by atoms with Gasteiger partial charge in [0.15, 0.2) is 18.1 Å². The number of anilines is 2. The molecule has 1 heterocycles. The molecule has 8 heteroatoms. The van der Waals surface area contributed by atoms with Crippen molar-refractivity contribution in [2.75, 3.05) is 38.6 Å². The van der Waals surface area contributed by atoms with Crippen LogP contribution in [-0.4, -0.2) is 39.8 Å². The second kappa shape index (κ2) is 7.22. The number of methoxy groups -OCH3 is 3. The summed E-state index contributed by atoms with van der Waals surface area (Å²) in [4.78, 5) is 23.9. The standard InChI is InChI=1S/C18H18N2O6/c1-23-14-7-11(8-15(24-2)17(14)25-3)19-18(22)10-4-5-12-13(6-10)26-9-16(21)20-12/h4-8H,9H2,1-3H3,(H,19,22)(H,20,21). The number of fused-ring (bicyclic) bond motifs is 1. The molecule has 0 aromatic heterocycles. The lowest BCUT2D eigenvalue weighted by Crippen LogP contribution is -2.25. The zero-order valence-electron chi connectivity index (χ0n) is 14.5. The summed E-state index contributed by atoms with van der Waals surface area (Å²) in [5.41, 5.74) is 1.40. The molecule has 2 N–H and O–H groups in total. The molecule has 0 saturated heterocycles. The molecule has 0 bridgehead atoms. The van der Waals surface area contributed by atoms with Gasteiger partial charge >= 0.3 is 0 Å². The van der Waals surface area contributed by atoms with Crippen LogP contribution in [0, 0.1) is 0 Å². The number of nitrogens with one attached hydrogen (secondary N) is 2. The molecule has 2 aromatic carbocycles. The number of carbonyl (C=O) groups excluding carboxylic acids is 2. The van der Waals surface area contributed by atoms with Gasteiger partial charge in [-0.1, -0.05) is 0 Å². The predicted octanol–water partition coefficient (Wildman–Crippen LogP) is 2.30. The topological polar surface area (TPSA) is 95.1 Å². The first-order chi connectivity index (χ1) is 12.5. The second-order valence-corrected chi connectivity index (χ2v) is 5.42. The van der Waals surface area contributed by atoms with Crippen molar-refractivity contribution in [3.8, 4) is 23.0 Å². The van der Waals surface area contributed by atoms with Crippen LogP contribution < -0.4 is 29.6 Å². The van der Waals surface area contributed by atoms with E-state index < -0.39 is 0 Å². The first kappa shape index (κ1) is 17.4. The summed E-state index contributed by atoms with van der Waals surface area (Å²) in [5, 5.41) is 5.45. The monoisotopic (exact) mass is 358 g/mol. The Morgan fingerprint density at radius 3 is 2.38 bits per heavy atom. The van der Waals surface area contributed by atoms with Gasteiger partial charge in [-0.2, -0.15) is 0 Å². The van der Waals surface area contributed by atoms with Crippen molar-refractivity contribution < 1.29 is 28.5 Å². The molecule has 0 saturated carbocycles. The summed E-state index contributed by atoms with van der Waals surface area (Å²) in [6.07, 6.45) is 0. The third kappa shape index (κ3) is 3.34. The quantitative estimate of drug-likeness (QED) is 0.852. The third-order valence-corrected chi connectivity index (χ3v) is 3.80. The molecule has 0 spiro atoms. The number of benzene rings is 2. The molecule has 0 unspecified atom stereocenters. The zero-order chi connectivity index (χ0) is 18.7. The molecule has 2 aromatic rings. The maximum Gasteiger partial charge on any atom is 0.262 e. The first-order valence-electron chi connectivity index (χ1n) is 7.73. The number of rotatable bonds is 5. The highest BCUT2D eigenvalue weighted by Gasteiger charge is 2.19. The van der Waals surface area contributed by atoms with Crippen LogP contribution in [0.25, 0.3) is 0 Å². The van der Waals surface area contributed by atoms with Crippen LogP contribution in [0.15, 0.2) is 30.3 Å². The van der Waals surface area contributed by atoms with E-state index in [9.17, 15) is 9.59 Å². The van der Waals surface area contributed by atoms with Crippen LogP contribution in [-0.2, 0) is 4.79 Å². The van der Waals surface area contributed by atoms with Crippen LogP contribution >= 0.6 is 0 Å². The predicted molar refractivity (Wildman–Crippen MR) is 94.6 cm³/mol. The molecular weight excluding hydrogens is 340 g/mol. The van der Waals surface area contributed by atoms with Crippen molar-refractivity contribution in [2.45, 2.75) is 0 Å². The zero-order valence-corrected chi connectivity index (χ0v) is 14.5. The lowest BCUT2D eigenvalue weighted by molar-refractivity contribution is -0.118. The van der Waals surface area contributed by atoms with Crippen molar-refractivity contribution in [3.05, 3.63) is 35.9 Å². The fourth-order valence-corrected chi connectivity index (χ4v) is 2.57. The second-order valence-electron chi connectivity index (χ2n) is 5.42. The molecule has 1 aliphatic rings. The average Bonchev–Trinajstić information content (AvgIpc) is 2.66. The van der Waals surface area contributed by atoms with Gasteiger partial charge in [-0.15, -0.1) is 0 Å². The highest BCUT2D eigenvalue weighted by Crippen LogP contribution is 2.40. The van der Waals surface area contributed by atoms with Crippen molar-refractivity contribution in [2.24, 2.45) is 0 Å². The molecule has 3 rings (SSSR count). The van der Waals surface area contributed by atoms with Gasteiger partial charge in [0.25, 0.3) is 11.8 Å². The van der Waals surface area contributed by atoms with E-state index in [1.807, 2.05) is 0 Å². The van der Waals surface area contributed by atoms with Crippen molar-refractivity contribution in [1.29, 1.82) is 0 Å². The van der Waals surface area contributed by atoms with E-state index in [-0.39, 0.29) is 18.4 Å². The normalized spacial score (nSPS) is 12.3. The molecule has 0 atom stereocenters. The van der Waals surface area contributed by atoms with Crippen molar-refractivity contribution in [3.63, 3.8) is 0 Å². The number of hydrogen-bond acceptors (Lipinski definition) is 6. The van der Waals surface area contributed by atoms with E-state index in [1.165, 1.54) is 21.3 Å². The Kier molecular flexibility index (Phi) is 4.83. The van der Waals surface area contributed by atoms with Gasteiger partial charge in [-0.25, -0.2) is 0 Å². The van der Waals surface area contributed by atoms with Crippen molar-refractivity contribution in [1.82, 2.24) is 0 Å². The summed E-state index contributed by atoms with van der Waals surface area (Å²) in [6, 6.07) is 8.06. The Morgan fingerprint density at radius 1 is 1.08 bits per heavy atom. The molecule has 2 amide bonds. The molecule has 1 aliphatic heterocycles. The maximum atomic E-state index is 12.6. The van der Waals surface area contributed by atoms with Gasteiger partial charge in [0, 0.05) is 23.4 Å². The minimum atomic E-state index is -0.345. The Hall–Kier alpha value is -3.42. The van der Waals surface area contributed by atoms with Gasteiger partial charge in [-0.3, -0.25) is 9.59 Å². The molecule has 0 radical (unpaired) electrons. The first-order valence-corrected chi connectivity index (χ1v) is 7.73. The van der Waals surface area contributed by atoms with Crippen molar-refractivity contribution >= 4 is 23.2 Å². The van der Waals surface area contributed by atoms with Gasteiger partial charge in [0.2, 0.25) is 5.75 Å². The van der Waals surface area contributed by atoms with Crippen LogP contribution in [0.1, 0.15) is 10.4 Å². The number of carbonyl (C=O) groups is 2. The largest absolute Gasteiger partial charge is 0.493 e. The molecule has 8 nitrogen and oxygen atoms in total. The lowest BCUT2D eigenvalue weighted by atomic mass is 10.1. The summed E-state index contributed by atoms with van der Waals surface area (Å²) in [5.74, 6) is 1.17. The third-order valence-electron chi connectivity index (χ3n) is 3.80. The molecule has 26 heavy (non-hydrogen) atoms. The average molecular weight is 358 g/mol. The minimum Gasteiger partial charge on any atom is -0.493 e. The molecular formula is C18H18N2O6. The van der Waals surface area contributed by atoms with Gasteiger partial charge in [0.05, 0.1) is 27.0 Å². The Morgan fingerprint density at radius 2 is 1.77 bits per heavy atom. The Bertz CT molecular complexity index is 840. The van der Waals surface area contributed by atoms with E-state index in [1.54, 1.807) is 30.3 Å². The minimum absolute atomic E-state index is 0.0784. The van der Waals surface area contributed by atoms with E-state index in [4.69, 9.17) is 18.9 Å². The van der Waals surface area contributed by atoms with E-state index in [0.29, 0.717) is 39.9 Å². The number of amides is 2. The fraction of sp³-hybridized carbons (Fsp3) is 0.222. The number of hydrogen-bond donors (Lipinski definition) is 2. The highest BCUT2D eigenvalue weighted by atomic mass is 16.5. The summed E-state index contributed by atoms with van der Waals surface area (Å²) in [6.45, 7) is -0.0784. The van der Waals surface area contributed by atoms with Crippen LogP contribution in [0.4, 0.5) is 11.4 Å². The SMILES string of the molecule is COc1cc(NC(=O)c2ccc3c(c2)OCC(=O)N3)cc(OC)c1OC. The Labute approximate surface area is 150 Å². The Balaban J connectivity index is 1.85. The summed E-state index contributed by atoms with van der Waals surface area (Å²) < 4.78 is 21.1. The smallest absolute Gasteiger partial charge is 0.262 e. The molecule has 136 valence electrons. The van der Waals surface area contributed by atoms with E-state index in [2.05, 4.69) is 10.6 Å². The van der Waals surface area contributed by atoms with E-state index >= 15 is 0 Å². The van der Waals surface area contributed by atoms with Gasteiger partial charge in [0.1, 0.15) is 5.75 Å².